The van der Waals surface area contributed by atoms with Crippen LogP contribution in [0.15, 0.2) is 55.1 Å². The Morgan fingerprint density at radius 2 is 1.82 bits per heavy atom. The van der Waals surface area contributed by atoms with Gasteiger partial charge in [-0.05, 0) is 59.6 Å². The van der Waals surface area contributed by atoms with Gasteiger partial charge in [-0.15, -0.1) is 5.10 Å². The highest BCUT2D eigenvalue weighted by Crippen LogP contribution is 2.33. The number of piperazine rings is 1. The zero-order valence-electron chi connectivity index (χ0n) is 25.1. The fraction of sp³-hybridized carbons (Fsp3) is 0.400. The maximum atomic E-state index is 9.62. The van der Waals surface area contributed by atoms with Crippen LogP contribution in [0.1, 0.15) is 18.4 Å². The van der Waals surface area contributed by atoms with E-state index in [2.05, 4.69) is 64.1 Å². The Hall–Kier alpha value is -4.58. The molecule has 1 atom stereocenters. The molecule has 0 radical (unpaired) electrons. The van der Waals surface area contributed by atoms with Crippen LogP contribution in [0.3, 0.4) is 0 Å². The number of tetrazole rings is 1. The largest absolute Gasteiger partial charge is 0.544 e. The van der Waals surface area contributed by atoms with Gasteiger partial charge in [-0.25, -0.2) is 14.6 Å². The van der Waals surface area contributed by atoms with Crippen LogP contribution in [0, 0.1) is 11.3 Å². The molecular weight excluding hydrogens is 574 g/mol. The topological polar surface area (TPSA) is 142 Å². The van der Waals surface area contributed by atoms with E-state index >= 15 is 0 Å². The first kappa shape index (κ1) is 29.5. The quantitative estimate of drug-likeness (QED) is 0.255. The molecule has 2 N–H and O–H groups in total. The van der Waals surface area contributed by atoms with Gasteiger partial charge in [0.25, 0.3) is 9.04 Å². The number of hydrogen-bond donors (Lipinski definition) is 2. The van der Waals surface area contributed by atoms with E-state index in [0.29, 0.717) is 29.5 Å². The Bertz CT molecular complexity index is 1570. The molecule has 0 bridgehead atoms. The molecule has 0 spiro atoms. The monoisotopic (exact) mass is 611 g/mol. The van der Waals surface area contributed by atoms with E-state index in [1.165, 1.54) is 12.8 Å². The average molecular weight is 612 g/mol. The molecule has 4 aromatic rings. The van der Waals surface area contributed by atoms with Gasteiger partial charge in [-0.2, -0.15) is 5.26 Å². The summed E-state index contributed by atoms with van der Waals surface area (Å²) in [6.07, 6.45) is 8.01. The first-order chi connectivity index (χ1) is 21.6. The third-order valence-corrected chi connectivity index (χ3v) is 9.72. The molecule has 13 nitrogen and oxygen atoms in total. The van der Waals surface area contributed by atoms with Gasteiger partial charge in [0.15, 0.2) is 0 Å². The molecule has 0 saturated carbocycles. The van der Waals surface area contributed by atoms with Gasteiger partial charge in [-0.3, -0.25) is 4.90 Å². The fourth-order valence-corrected chi connectivity index (χ4v) is 7.25. The average Bonchev–Trinajstić information content (AvgIpc) is 3.58. The van der Waals surface area contributed by atoms with Crippen molar-refractivity contribution in [3.63, 3.8) is 0 Å². The van der Waals surface area contributed by atoms with Gasteiger partial charge in [0.1, 0.15) is 23.9 Å². The number of rotatable bonds is 10. The summed E-state index contributed by atoms with van der Waals surface area (Å²) in [6, 6.07) is 14.6. The lowest BCUT2D eigenvalue weighted by atomic mass is 10.0. The zero-order valence-corrected chi connectivity index (χ0v) is 26.2. The molecule has 6 rings (SSSR count). The number of nitrogens with zero attached hydrogens (tertiary/aromatic N) is 9. The van der Waals surface area contributed by atoms with Crippen molar-refractivity contribution in [2.75, 3.05) is 56.6 Å². The highest BCUT2D eigenvalue weighted by atomic mass is 28.3. The molecule has 0 amide bonds. The number of anilines is 3. The van der Waals surface area contributed by atoms with E-state index in [1.807, 2.05) is 24.7 Å². The predicted octanol–water partition coefficient (Wildman–Crippen LogP) is 2.60. The molecule has 14 heteroatoms. The Morgan fingerprint density at radius 3 is 2.52 bits per heavy atom. The van der Waals surface area contributed by atoms with E-state index in [9.17, 15) is 5.26 Å². The van der Waals surface area contributed by atoms with Crippen molar-refractivity contribution in [2.24, 2.45) is 0 Å². The number of piperidine rings is 1. The zero-order chi connectivity index (χ0) is 30.3. The van der Waals surface area contributed by atoms with Crippen LogP contribution >= 0.6 is 0 Å². The molecule has 2 aliphatic rings. The van der Waals surface area contributed by atoms with E-state index in [-0.39, 0.29) is 0 Å². The molecule has 4 heterocycles. The standard InChI is InChI=1S/C30H37N11O2Si/c1-42-29-16-26(39-11-7-25(8-12-39)40-13-9-32-10-14-40)5-6-27(29)36-30-33-18-24(19-34-30)22-3-4-23(17-31)28(15-22)43-44(2)21-41-20-35-37-38-41/h3-6,15-16,18-20,25,32,44H,7-14,21H2,1-2H3,(H,33,34,36)/t44-/m0/s1. The molecule has 2 saturated heterocycles. The Labute approximate surface area is 258 Å². The van der Waals surface area contributed by atoms with Crippen molar-refractivity contribution < 1.29 is 9.16 Å². The number of hydrogen-bond acceptors (Lipinski definition) is 12. The summed E-state index contributed by atoms with van der Waals surface area (Å²) >= 11 is 0. The molecule has 0 unspecified atom stereocenters. The van der Waals surface area contributed by atoms with Crippen LogP contribution in [-0.4, -0.2) is 96.5 Å². The van der Waals surface area contributed by atoms with Crippen LogP contribution in [0.4, 0.5) is 17.3 Å². The maximum absolute atomic E-state index is 9.62. The lowest BCUT2D eigenvalue weighted by molar-refractivity contribution is 0.150. The molecule has 2 fully saturated rings. The number of benzene rings is 2. The minimum Gasteiger partial charge on any atom is -0.544 e. The van der Waals surface area contributed by atoms with Crippen molar-refractivity contribution in [2.45, 2.75) is 31.6 Å². The van der Waals surface area contributed by atoms with Gasteiger partial charge < -0.3 is 24.7 Å². The Morgan fingerprint density at radius 1 is 1.02 bits per heavy atom. The van der Waals surface area contributed by atoms with Gasteiger partial charge in [0.05, 0.1) is 24.5 Å². The third-order valence-electron chi connectivity index (χ3n) is 8.18. The van der Waals surface area contributed by atoms with Crippen molar-refractivity contribution in [3.8, 4) is 28.7 Å². The summed E-state index contributed by atoms with van der Waals surface area (Å²) in [7, 11) is -0.0655. The van der Waals surface area contributed by atoms with E-state index in [4.69, 9.17) is 9.16 Å². The highest BCUT2D eigenvalue weighted by molar-refractivity contribution is 6.49. The molecule has 2 aromatic heterocycles. The van der Waals surface area contributed by atoms with Crippen molar-refractivity contribution in [1.82, 2.24) is 40.4 Å². The summed E-state index contributed by atoms with van der Waals surface area (Å²) in [5.74, 6) is 1.75. The van der Waals surface area contributed by atoms with Crippen LogP contribution in [0.2, 0.25) is 6.55 Å². The van der Waals surface area contributed by atoms with Gasteiger partial charge in [0.2, 0.25) is 5.95 Å². The SMILES string of the molecule is COc1cc(N2CCC(N3CCNCC3)CC2)ccc1Nc1ncc(-c2ccc(C#N)c(O[Si@@H](C)Cn3cnnn3)c2)cn1. The molecule has 0 aliphatic carbocycles. The first-order valence-corrected chi connectivity index (χ1v) is 17.4. The second kappa shape index (κ2) is 13.8. The van der Waals surface area contributed by atoms with Gasteiger partial charge >= 0.3 is 0 Å². The lowest BCUT2D eigenvalue weighted by Crippen LogP contribution is -2.52. The number of methoxy groups -OCH3 is 1. The number of nitriles is 1. The van der Waals surface area contributed by atoms with Crippen molar-refractivity contribution in [3.05, 3.63) is 60.7 Å². The molecule has 44 heavy (non-hydrogen) atoms. The lowest BCUT2D eigenvalue weighted by Gasteiger charge is -2.41. The summed E-state index contributed by atoms with van der Waals surface area (Å²) in [5, 5.41) is 27.6. The summed E-state index contributed by atoms with van der Waals surface area (Å²) in [6.45, 7) is 8.60. The maximum Gasteiger partial charge on any atom is 0.253 e. The number of nitrogens with one attached hydrogen (secondary N) is 2. The number of aromatic nitrogens is 6. The molecule has 2 aromatic carbocycles. The van der Waals surface area contributed by atoms with Crippen molar-refractivity contribution in [1.29, 1.82) is 5.26 Å². The van der Waals surface area contributed by atoms with E-state index in [1.54, 1.807) is 36.6 Å². The number of ether oxygens (including phenoxy) is 1. The third kappa shape index (κ3) is 6.96. The Balaban J connectivity index is 1.10. The normalized spacial score (nSPS) is 16.7. The van der Waals surface area contributed by atoms with Gasteiger partial charge in [0, 0.05) is 75.0 Å². The fourth-order valence-electron chi connectivity index (χ4n) is 5.85. The van der Waals surface area contributed by atoms with Crippen LogP contribution < -0.4 is 24.7 Å². The molecule has 2 aliphatic heterocycles. The minimum atomic E-state index is -1.75. The molecule has 228 valence electrons. The van der Waals surface area contributed by atoms with Gasteiger partial charge in [-0.1, -0.05) is 6.07 Å². The van der Waals surface area contributed by atoms with Crippen LogP contribution in [-0.2, 0) is 6.17 Å². The van der Waals surface area contributed by atoms with E-state index in [0.717, 1.165) is 67.5 Å². The summed E-state index contributed by atoms with van der Waals surface area (Å²) in [4.78, 5) is 14.2. The molecular formula is C30H37N11O2Si. The second-order valence-corrected chi connectivity index (χ2v) is 13.3. The van der Waals surface area contributed by atoms with Crippen LogP contribution in [0.5, 0.6) is 11.5 Å². The Kier molecular flexibility index (Phi) is 9.25. The summed E-state index contributed by atoms with van der Waals surface area (Å²) in [5.41, 5.74) is 4.11. The smallest absolute Gasteiger partial charge is 0.253 e. The predicted molar refractivity (Wildman–Crippen MR) is 170 cm³/mol. The van der Waals surface area contributed by atoms with E-state index < -0.39 is 9.04 Å². The van der Waals surface area contributed by atoms with Crippen molar-refractivity contribution >= 4 is 26.4 Å². The van der Waals surface area contributed by atoms with Crippen LogP contribution in [0.25, 0.3) is 11.1 Å². The first-order valence-electron chi connectivity index (χ1n) is 15.0. The minimum absolute atomic E-state index is 0.462. The highest BCUT2D eigenvalue weighted by Gasteiger charge is 2.26. The summed E-state index contributed by atoms with van der Waals surface area (Å²) < 4.78 is 13.6. The second-order valence-electron chi connectivity index (χ2n) is 11.1.